The normalized spacial score (nSPS) is 17.2. The predicted molar refractivity (Wildman–Crippen MR) is 133 cm³/mol. The van der Waals surface area contributed by atoms with Gasteiger partial charge in [-0.05, 0) is 62.8 Å². The van der Waals surface area contributed by atoms with Gasteiger partial charge in [0.15, 0.2) is 0 Å². The maximum absolute atomic E-state index is 14.8. The van der Waals surface area contributed by atoms with Crippen molar-refractivity contribution < 1.29 is 27.5 Å². The molecule has 3 rings (SSSR count). The zero-order valence-electron chi connectivity index (χ0n) is 18.9. The van der Waals surface area contributed by atoms with Crippen LogP contribution in [0.4, 0.5) is 10.1 Å². The van der Waals surface area contributed by atoms with Gasteiger partial charge in [-0.25, -0.2) is 12.8 Å². The van der Waals surface area contributed by atoms with Gasteiger partial charge < -0.3 is 14.9 Å². The number of carbonyl (C=O) groups excluding carboxylic acids is 1. The summed E-state index contributed by atoms with van der Waals surface area (Å²) in [6.07, 6.45) is 2.50. The number of carbonyl (C=O) groups is 2. The van der Waals surface area contributed by atoms with Crippen molar-refractivity contribution in [3.8, 4) is 0 Å². The van der Waals surface area contributed by atoms with Gasteiger partial charge >= 0.3 is 0 Å². The molecule has 2 aromatic rings. The van der Waals surface area contributed by atoms with Crippen LogP contribution in [-0.4, -0.2) is 57.5 Å². The van der Waals surface area contributed by atoms with E-state index in [0.29, 0.717) is 9.21 Å². The minimum absolute atomic E-state index is 0.0717. The van der Waals surface area contributed by atoms with E-state index in [0.717, 1.165) is 17.4 Å². The summed E-state index contributed by atoms with van der Waals surface area (Å²) < 4.78 is 42.5. The molecule has 0 bridgehead atoms. The second-order valence-corrected chi connectivity index (χ2v) is 11.0. The van der Waals surface area contributed by atoms with Crippen molar-refractivity contribution in [1.29, 1.82) is 0 Å². The molecule has 2 atom stereocenters. The van der Waals surface area contributed by atoms with Crippen molar-refractivity contribution in [2.45, 2.75) is 31.8 Å². The van der Waals surface area contributed by atoms with Gasteiger partial charge in [0, 0.05) is 22.9 Å². The second-order valence-electron chi connectivity index (χ2n) is 7.64. The van der Waals surface area contributed by atoms with Crippen LogP contribution in [0.5, 0.6) is 0 Å². The maximum atomic E-state index is 14.8. The van der Waals surface area contributed by atoms with Crippen LogP contribution in [0.3, 0.4) is 0 Å². The minimum Gasteiger partial charge on any atom is -0.483 e. The molecule has 1 aromatic carbocycles. The third-order valence-electron chi connectivity index (χ3n) is 5.17. The van der Waals surface area contributed by atoms with Gasteiger partial charge in [0.1, 0.15) is 11.9 Å². The molecule has 2 N–H and O–H groups in total. The van der Waals surface area contributed by atoms with Crippen molar-refractivity contribution in [2.75, 3.05) is 25.5 Å². The number of anilines is 1. The molecule has 1 aliphatic rings. The first kappa shape index (κ1) is 27.9. The largest absolute Gasteiger partial charge is 0.483 e. The first-order valence-corrected chi connectivity index (χ1v) is 13.1. The van der Waals surface area contributed by atoms with Crippen molar-refractivity contribution in [2.24, 2.45) is 0 Å². The average molecular weight is 532 g/mol. The zero-order valence-corrected chi connectivity index (χ0v) is 21.3. The Labute approximate surface area is 207 Å². The van der Waals surface area contributed by atoms with Gasteiger partial charge in [0.05, 0.1) is 10.0 Å². The van der Waals surface area contributed by atoms with Gasteiger partial charge in [0.25, 0.3) is 6.47 Å². The van der Waals surface area contributed by atoms with E-state index in [2.05, 4.69) is 4.72 Å². The van der Waals surface area contributed by atoms with Crippen LogP contribution in [-0.2, 0) is 19.6 Å². The number of nitrogens with one attached hydrogen (secondary N) is 1. The third kappa shape index (κ3) is 7.34. The number of hydrogen-bond donors (Lipinski definition) is 2. The van der Waals surface area contributed by atoms with Gasteiger partial charge in [-0.15, -0.1) is 11.3 Å². The van der Waals surface area contributed by atoms with E-state index in [1.54, 1.807) is 18.2 Å². The summed E-state index contributed by atoms with van der Waals surface area (Å²) in [6, 6.07) is 7.36. The molecule has 1 aromatic heterocycles. The number of benzene rings is 1. The Balaban J connectivity index is 0.00000129. The first-order valence-electron chi connectivity index (χ1n) is 10.3. The molecule has 34 heavy (non-hydrogen) atoms. The zero-order chi connectivity index (χ0) is 25.5. The van der Waals surface area contributed by atoms with E-state index >= 15 is 0 Å². The molecule has 1 saturated heterocycles. The van der Waals surface area contributed by atoms with Crippen LogP contribution in [0.1, 0.15) is 36.2 Å². The Morgan fingerprint density at radius 3 is 2.56 bits per heavy atom. The van der Waals surface area contributed by atoms with Crippen LogP contribution >= 0.6 is 22.9 Å². The predicted octanol–water partition coefficient (Wildman–Crippen LogP) is 3.95. The lowest BCUT2D eigenvalue weighted by molar-refractivity contribution is -0.123. The highest BCUT2D eigenvalue weighted by atomic mass is 35.5. The molecule has 1 unspecified atom stereocenters. The highest BCUT2D eigenvalue weighted by molar-refractivity contribution is 7.92. The molecular weight excluding hydrogens is 505 g/mol. The number of thiophene rings is 1. The second kappa shape index (κ2) is 12.4. The Morgan fingerprint density at radius 1 is 1.35 bits per heavy atom. The highest BCUT2D eigenvalue weighted by Gasteiger charge is 2.36. The topological polar surface area (TPSA) is 107 Å². The Kier molecular flexibility index (Phi) is 10.2. The molecule has 0 radical (unpaired) electrons. The van der Waals surface area contributed by atoms with E-state index in [4.69, 9.17) is 21.5 Å². The molecule has 0 saturated carbocycles. The number of halogens is 2. The monoisotopic (exact) mass is 531 g/mol. The number of hydrogen-bond acceptors (Lipinski definition) is 6. The molecule has 1 amide bonds. The summed E-state index contributed by atoms with van der Waals surface area (Å²) in [4.78, 5) is 25.1. The van der Waals surface area contributed by atoms with Gasteiger partial charge in [0.2, 0.25) is 15.9 Å². The minimum atomic E-state index is -3.85. The van der Waals surface area contributed by atoms with E-state index in [1.807, 2.05) is 32.0 Å². The lowest BCUT2D eigenvalue weighted by Crippen LogP contribution is -2.40. The van der Waals surface area contributed by atoms with E-state index < -0.39 is 27.8 Å². The van der Waals surface area contributed by atoms with Crippen molar-refractivity contribution in [1.82, 2.24) is 9.62 Å². The molecule has 1 aliphatic heterocycles. The van der Waals surface area contributed by atoms with Crippen molar-refractivity contribution in [3.05, 3.63) is 56.3 Å². The maximum Gasteiger partial charge on any atom is 0.290 e. The molecule has 12 heteroatoms. The summed E-state index contributed by atoms with van der Waals surface area (Å²) >= 11 is 7.08. The van der Waals surface area contributed by atoms with Gasteiger partial charge in [-0.3, -0.25) is 9.59 Å². The number of nitrogens with zero attached hydrogens (tertiary/aromatic N) is 2. The van der Waals surface area contributed by atoms with Crippen LogP contribution < -0.4 is 9.62 Å². The van der Waals surface area contributed by atoms with E-state index in [9.17, 15) is 17.6 Å². The molecule has 1 fully saturated rings. The van der Waals surface area contributed by atoms with Crippen LogP contribution in [0.25, 0.3) is 6.08 Å². The number of amides is 1. The molecule has 186 valence electrons. The lowest BCUT2D eigenvalue weighted by atomic mass is 10.0. The fourth-order valence-electron chi connectivity index (χ4n) is 3.69. The summed E-state index contributed by atoms with van der Waals surface area (Å²) in [7, 11) is 0.0182. The number of carboxylic acid groups (broad SMARTS) is 1. The Morgan fingerprint density at radius 2 is 2.03 bits per heavy atom. The summed E-state index contributed by atoms with van der Waals surface area (Å²) in [5, 5.41) is 7.90. The highest BCUT2D eigenvalue weighted by Crippen LogP contribution is 2.30. The first-order chi connectivity index (χ1) is 16.0. The van der Waals surface area contributed by atoms with Crippen LogP contribution in [0, 0.1) is 5.82 Å². The average Bonchev–Trinajstić information content (AvgIpc) is 3.33. The molecule has 2 heterocycles. The quantitative estimate of drug-likeness (QED) is 0.499. The van der Waals surface area contributed by atoms with Crippen molar-refractivity contribution in [3.63, 3.8) is 0 Å². The number of sulfonamides is 1. The molecule has 0 aliphatic carbocycles. The summed E-state index contributed by atoms with van der Waals surface area (Å²) in [6.45, 7) is 2.01. The molecule has 8 nitrogen and oxygen atoms in total. The SMILES string of the molecule is CCC(c1ccc(N2CC[C@H](NS(=O)(=O)/C=C/c3ccc(Cl)s3)C2=O)c(F)c1)N(C)C.O=CO. The Bertz CT molecular complexity index is 1140. The van der Waals surface area contributed by atoms with Gasteiger partial charge in [-0.2, -0.15) is 4.72 Å². The fourth-order valence-corrected chi connectivity index (χ4v) is 5.76. The molecule has 0 spiro atoms. The van der Waals surface area contributed by atoms with E-state index in [-0.39, 0.29) is 31.2 Å². The molecular formula is C22H27ClFN3O5S2. The van der Waals surface area contributed by atoms with Crippen LogP contribution in [0.2, 0.25) is 4.34 Å². The lowest BCUT2D eigenvalue weighted by Gasteiger charge is -2.25. The summed E-state index contributed by atoms with van der Waals surface area (Å²) in [5.41, 5.74) is 0.990. The summed E-state index contributed by atoms with van der Waals surface area (Å²) in [5.74, 6) is -0.966. The fraction of sp³-hybridized carbons (Fsp3) is 0.364. The third-order valence-corrected chi connectivity index (χ3v) is 7.48. The van der Waals surface area contributed by atoms with Crippen molar-refractivity contribution >= 4 is 57.1 Å². The van der Waals surface area contributed by atoms with E-state index in [1.165, 1.54) is 28.4 Å². The van der Waals surface area contributed by atoms with Crippen LogP contribution in [0.15, 0.2) is 35.7 Å². The van der Waals surface area contributed by atoms with Gasteiger partial charge in [-0.1, -0.05) is 24.6 Å². The number of rotatable bonds is 8. The standard InChI is InChI=1S/C21H25ClFN3O3S2.CH2O2/c1-4-18(25(2)3)14-5-7-19(16(23)13-14)26-11-9-17(21(26)27)24-31(28,29)12-10-15-6-8-20(22)30-15;2-1-3/h5-8,10,12-13,17-18,24H,4,9,11H2,1-3H3;1H,(H,2,3)/b12-10+;/t17-,18?;/m0./s1. The Hall–Kier alpha value is -2.31. The smallest absolute Gasteiger partial charge is 0.290 e.